The standard InChI is InChI=1S/C19H33N/c1-5-7-8-9-10-11-19(20-14-6-2)18-13-12-16(3)15-17(18)4/h12-13,15,19-20H,5-11,14H2,1-4H3. The Morgan fingerprint density at radius 3 is 2.35 bits per heavy atom. The van der Waals surface area contributed by atoms with Gasteiger partial charge >= 0.3 is 0 Å². The van der Waals surface area contributed by atoms with Crippen molar-refractivity contribution in [1.82, 2.24) is 5.32 Å². The fraction of sp³-hybridized carbons (Fsp3) is 0.684. The maximum atomic E-state index is 3.74. The smallest absolute Gasteiger partial charge is 0.0322 e. The number of benzene rings is 1. The summed E-state index contributed by atoms with van der Waals surface area (Å²) in [5.41, 5.74) is 4.30. The minimum absolute atomic E-state index is 0.539. The normalized spacial score (nSPS) is 12.6. The Labute approximate surface area is 126 Å². The van der Waals surface area contributed by atoms with Crippen LogP contribution in [0.15, 0.2) is 18.2 Å². The third-order valence-electron chi connectivity index (χ3n) is 4.04. The maximum absolute atomic E-state index is 3.74. The molecule has 0 amide bonds. The molecule has 20 heavy (non-hydrogen) atoms. The van der Waals surface area contributed by atoms with Crippen LogP contribution >= 0.6 is 0 Å². The molecule has 0 saturated carbocycles. The summed E-state index contributed by atoms with van der Waals surface area (Å²) in [6.45, 7) is 10.1. The quantitative estimate of drug-likeness (QED) is 0.540. The monoisotopic (exact) mass is 275 g/mol. The molecule has 0 bridgehead atoms. The van der Waals surface area contributed by atoms with E-state index in [-0.39, 0.29) is 0 Å². The molecule has 1 N–H and O–H groups in total. The first-order chi connectivity index (χ1) is 9.69. The molecule has 1 aromatic carbocycles. The van der Waals surface area contributed by atoms with Crippen molar-refractivity contribution in [3.8, 4) is 0 Å². The Hall–Kier alpha value is -0.820. The predicted molar refractivity (Wildman–Crippen MR) is 90.3 cm³/mol. The second kappa shape index (κ2) is 9.99. The lowest BCUT2D eigenvalue weighted by molar-refractivity contribution is 0.466. The van der Waals surface area contributed by atoms with Crippen LogP contribution in [0.4, 0.5) is 0 Å². The van der Waals surface area contributed by atoms with Crippen LogP contribution in [0.5, 0.6) is 0 Å². The number of unbranched alkanes of at least 4 members (excludes halogenated alkanes) is 4. The van der Waals surface area contributed by atoms with E-state index in [0.717, 1.165) is 6.54 Å². The maximum Gasteiger partial charge on any atom is 0.0322 e. The molecule has 0 heterocycles. The van der Waals surface area contributed by atoms with Gasteiger partial charge in [-0.15, -0.1) is 0 Å². The molecule has 114 valence electrons. The fourth-order valence-corrected chi connectivity index (χ4v) is 2.85. The van der Waals surface area contributed by atoms with E-state index in [2.05, 4.69) is 51.2 Å². The van der Waals surface area contributed by atoms with Crippen molar-refractivity contribution < 1.29 is 0 Å². The molecule has 0 aliphatic carbocycles. The number of aryl methyl sites for hydroxylation is 2. The van der Waals surface area contributed by atoms with Crippen molar-refractivity contribution in [1.29, 1.82) is 0 Å². The lowest BCUT2D eigenvalue weighted by atomic mass is 9.95. The summed E-state index contributed by atoms with van der Waals surface area (Å²) in [4.78, 5) is 0. The van der Waals surface area contributed by atoms with Crippen LogP contribution in [0.2, 0.25) is 0 Å². The van der Waals surface area contributed by atoms with Gasteiger partial charge in [-0.25, -0.2) is 0 Å². The molecule has 1 rings (SSSR count). The summed E-state index contributed by atoms with van der Waals surface area (Å²) in [7, 11) is 0. The Bertz CT molecular complexity index is 370. The second-order valence-electron chi connectivity index (χ2n) is 6.07. The highest BCUT2D eigenvalue weighted by atomic mass is 14.9. The summed E-state index contributed by atoms with van der Waals surface area (Å²) < 4.78 is 0. The largest absolute Gasteiger partial charge is 0.310 e. The van der Waals surface area contributed by atoms with Crippen LogP contribution in [0.25, 0.3) is 0 Å². The molecule has 1 atom stereocenters. The van der Waals surface area contributed by atoms with E-state index in [1.54, 1.807) is 0 Å². The molecular formula is C19H33N. The van der Waals surface area contributed by atoms with Crippen molar-refractivity contribution in [2.45, 2.75) is 78.7 Å². The summed E-state index contributed by atoms with van der Waals surface area (Å²) in [5.74, 6) is 0. The van der Waals surface area contributed by atoms with E-state index < -0.39 is 0 Å². The van der Waals surface area contributed by atoms with E-state index in [1.807, 2.05) is 0 Å². The molecule has 0 fully saturated rings. The zero-order valence-electron chi connectivity index (χ0n) is 14.0. The van der Waals surface area contributed by atoms with Crippen LogP contribution in [0.3, 0.4) is 0 Å². The number of hydrogen-bond acceptors (Lipinski definition) is 1. The van der Waals surface area contributed by atoms with Gasteiger partial charge in [-0.3, -0.25) is 0 Å². The summed E-state index contributed by atoms with van der Waals surface area (Å²) in [5, 5.41) is 3.74. The van der Waals surface area contributed by atoms with Gasteiger partial charge in [0.05, 0.1) is 0 Å². The minimum Gasteiger partial charge on any atom is -0.310 e. The lowest BCUT2D eigenvalue weighted by Gasteiger charge is -2.21. The number of hydrogen-bond donors (Lipinski definition) is 1. The van der Waals surface area contributed by atoms with Crippen LogP contribution in [-0.2, 0) is 0 Å². The molecule has 0 saturated heterocycles. The van der Waals surface area contributed by atoms with E-state index >= 15 is 0 Å². The summed E-state index contributed by atoms with van der Waals surface area (Å²) >= 11 is 0. The minimum atomic E-state index is 0.539. The van der Waals surface area contributed by atoms with Gasteiger partial charge in [-0.1, -0.05) is 69.7 Å². The van der Waals surface area contributed by atoms with Gasteiger partial charge in [0.1, 0.15) is 0 Å². The van der Waals surface area contributed by atoms with Gasteiger partial charge in [0.2, 0.25) is 0 Å². The number of rotatable bonds is 10. The van der Waals surface area contributed by atoms with E-state index in [0.29, 0.717) is 6.04 Å². The van der Waals surface area contributed by atoms with Crippen LogP contribution in [-0.4, -0.2) is 6.54 Å². The molecule has 1 nitrogen and oxygen atoms in total. The van der Waals surface area contributed by atoms with E-state index in [4.69, 9.17) is 0 Å². The van der Waals surface area contributed by atoms with Gasteiger partial charge in [0, 0.05) is 6.04 Å². The fourth-order valence-electron chi connectivity index (χ4n) is 2.85. The van der Waals surface area contributed by atoms with Gasteiger partial charge in [-0.2, -0.15) is 0 Å². The second-order valence-corrected chi connectivity index (χ2v) is 6.07. The van der Waals surface area contributed by atoms with Crippen molar-refractivity contribution >= 4 is 0 Å². The molecule has 0 spiro atoms. The van der Waals surface area contributed by atoms with Crippen molar-refractivity contribution in [3.05, 3.63) is 34.9 Å². The number of nitrogens with one attached hydrogen (secondary N) is 1. The molecule has 0 aliphatic rings. The first-order valence-electron chi connectivity index (χ1n) is 8.49. The molecule has 1 heteroatoms. The highest BCUT2D eigenvalue weighted by Gasteiger charge is 2.12. The summed E-state index contributed by atoms with van der Waals surface area (Å²) in [6, 6.07) is 7.43. The Morgan fingerprint density at radius 2 is 1.70 bits per heavy atom. The zero-order valence-corrected chi connectivity index (χ0v) is 14.0. The van der Waals surface area contributed by atoms with E-state index in [9.17, 15) is 0 Å². The Kier molecular flexibility index (Phi) is 8.60. The Balaban J connectivity index is 2.58. The lowest BCUT2D eigenvalue weighted by Crippen LogP contribution is -2.23. The predicted octanol–water partition coefficient (Wildman–Crippen LogP) is 5.70. The molecular weight excluding hydrogens is 242 g/mol. The van der Waals surface area contributed by atoms with Gasteiger partial charge in [0.15, 0.2) is 0 Å². The van der Waals surface area contributed by atoms with Crippen molar-refractivity contribution in [2.24, 2.45) is 0 Å². The third kappa shape index (κ3) is 6.09. The van der Waals surface area contributed by atoms with Gasteiger partial charge < -0.3 is 5.32 Å². The molecule has 0 radical (unpaired) electrons. The Morgan fingerprint density at radius 1 is 0.950 bits per heavy atom. The van der Waals surface area contributed by atoms with Crippen molar-refractivity contribution in [2.75, 3.05) is 6.54 Å². The van der Waals surface area contributed by atoms with Crippen LogP contribution < -0.4 is 5.32 Å². The first kappa shape index (κ1) is 17.2. The van der Waals surface area contributed by atoms with Crippen LogP contribution in [0, 0.1) is 13.8 Å². The average Bonchev–Trinajstić information content (AvgIpc) is 2.43. The SMILES string of the molecule is CCCCCCCC(NCCC)c1ccc(C)cc1C. The first-order valence-corrected chi connectivity index (χ1v) is 8.49. The third-order valence-corrected chi connectivity index (χ3v) is 4.04. The van der Waals surface area contributed by atoms with Gasteiger partial charge in [-0.05, 0) is 44.4 Å². The van der Waals surface area contributed by atoms with Crippen molar-refractivity contribution in [3.63, 3.8) is 0 Å². The average molecular weight is 275 g/mol. The summed E-state index contributed by atoms with van der Waals surface area (Å²) in [6.07, 6.45) is 9.30. The molecule has 0 aromatic heterocycles. The van der Waals surface area contributed by atoms with Crippen LogP contribution in [0.1, 0.15) is 81.5 Å². The highest BCUT2D eigenvalue weighted by molar-refractivity contribution is 5.32. The highest BCUT2D eigenvalue weighted by Crippen LogP contribution is 2.24. The van der Waals surface area contributed by atoms with E-state index in [1.165, 1.54) is 61.6 Å². The van der Waals surface area contributed by atoms with Gasteiger partial charge in [0.25, 0.3) is 0 Å². The molecule has 1 unspecified atom stereocenters. The molecule has 0 aliphatic heterocycles. The topological polar surface area (TPSA) is 12.0 Å². The zero-order chi connectivity index (χ0) is 14.8. The molecule has 1 aromatic rings.